The maximum atomic E-state index is 10.9. The SMILES string of the molecule is CC(C)=CCCC1=COc2c(C)c(O)c(N=Nc3ccccc3)c3c(C)ccc1c23. The molecule has 0 radical (unpaired) electrons. The fraction of sp³-hybridized carbons (Fsp3) is 0.231. The Bertz CT molecular complexity index is 1200. The van der Waals surface area contributed by atoms with Crippen LogP contribution >= 0.6 is 0 Å². The molecule has 1 aliphatic heterocycles. The molecule has 1 heterocycles. The van der Waals surface area contributed by atoms with Crippen molar-refractivity contribution in [3.05, 3.63) is 77.1 Å². The van der Waals surface area contributed by atoms with E-state index < -0.39 is 0 Å². The van der Waals surface area contributed by atoms with Crippen LogP contribution in [0.4, 0.5) is 11.4 Å². The fourth-order valence-corrected chi connectivity index (χ4v) is 3.86. The van der Waals surface area contributed by atoms with Crippen LogP contribution in [0.1, 0.15) is 43.4 Å². The van der Waals surface area contributed by atoms with Crippen LogP contribution in [0, 0.1) is 13.8 Å². The van der Waals surface area contributed by atoms with Crippen LogP contribution in [-0.4, -0.2) is 5.11 Å². The average molecular weight is 399 g/mol. The second kappa shape index (κ2) is 8.15. The number of ether oxygens (including phenoxy) is 1. The lowest BCUT2D eigenvalue weighted by atomic mass is 9.89. The summed E-state index contributed by atoms with van der Waals surface area (Å²) in [4.78, 5) is 0. The van der Waals surface area contributed by atoms with Gasteiger partial charge in [0.2, 0.25) is 0 Å². The molecule has 0 amide bonds. The van der Waals surface area contributed by atoms with Gasteiger partial charge in [0.1, 0.15) is 17.2 Å². The van der Waals surface area contributed by atoms with Crippen LogP contribution < -0.4 is 4.74 Å². The molecular formula is C26H26N2O2. The van der Waals surface area contributed by atoms with E-state index in [0.717, 1.165) is 46.0 Å². The van der Waals surface area contributed by atoms with Crippen molar-refractivity contribution in [2.45, 2.75) is 40.5 Å². The zero-order chi connectivity index (χ0) is 21.3. The van der Waals surface area contributed by atoms with Crippen molar-refractivity contribution in [2.75, 3.05) is 0 Å². The number of phenols is 1. The van der Waals surface area contributed by atoms with E-state index in [0.29, 0.717) is 17.0 Å². The summed E-state index contributed by atoms with van der Waals surface area (Å²) in [5.74, 6) is 0.810. The van der Waals surface area contributed by atoms with E-state index >= 15 is 0 Å². The summed E-state index contributed by atoms with van der Waals surface area (Å²) in [5.41, 5.74) is 6.54. The molecule has 1 N–H and O–H groups in total. The molecule has 3 aromatic rings. The lowest BCUT2D eigenvalue weighted by molar-refractivity contribution is 0.450. The molecule has 0 aromatic heterocycles. The topological polar surface area (TPSA) is 54.2 Å². The summed E-state index contributed by atoms with van der Waals surface area (Å²) < 4.78 is 6.04. The Morgan fingerprint density at radius 3 is 2.50 bits per heavy atom. The summed E-state index contributed by atoms with van der Waals surface area (Å²) >= 11 is 0. The number of aromatic hydroxyl groups is 1. The first-order chi connectivity index (χ1) is 14.5. The van der Waals surface area contributed by atoms with Gasteiger partial charge in [-0.25, -0.2) is 0 Å². The normalized spacial score (nSPS) is 12.7. The van der Waals surface area contributed by atoms with Gasteiger partial charge in [0.05, 0.1) is 11.9 Å². The molecular weight excluding hydrogens is 372 g/mol. The van der Waals surface area contributed by atoms with Gasteiger partial charge in [0.15, 0.2) is 0 Å². The quantitative estimate of drug-likeness (QED) is 0.349. The minimum atomic E-state index is 0.110. The van der Waals surface area contributed by atoms with Gasteiger partial charge in [0, 0.05) is 16.3 Å². The van der Waals surface area contributed by atoms with Crippen LogP contribution in [0.15, 0.2) is 70.6 Å². The van der Waals surface area contributed by atoms with E-state index in [2.05, 4.69) is 42.3 Å². The van der Waals surface area contributed by atoms with Gasteiger partial charge in [0.25, 0.3) is 0 Å². The summed E-state index contributed by atoms with van der Waals surface area (Å²) in [6.45, 7) is 8.11. The lowest BCUT2D eigenvalue weighted by Crippen LogP contribution is -2.02. The highest BCUT2D eigenvalue weighted by atomic mass is 16.5. The van der Waals surface area contributed by atoms with E-state index in [1.807, 2.05) is 50.4 Å². The second-order valence-corrected chi connectivity index (χ2v) is 7.95. The summed E-state index contributed by atoms with van der Waals surface area (Å²) in [6.07, 6.45) is 5.91. The fourth-order valence-electron chi connectivity index (χ4n) is 3.86. The number of nitrogens with zero attached hydrogens (tertiary/aromatic N) is 2. The predicted molar refractivity (Wildman–Crippen MR) is 123 cm³/mol. The molecule has 152 valence electrons. The number of hydrogen-bond donors (Lipinski definition) is 1. The molecule has 4 rings (SSSR count). The monoisotopic (exact) mass is 398 g/mol. The molecule has 3 aromatic carbocycles. The average Bonchev–Trinajstić information content (AvgIpc) is 2.74. The number of azo groups is 1. The number of hydrogen-bond acceptors (Lipinski definition) is 4. The maximum absolute atomic E-state index is 10.9. The van der Waals surface area contributed by atoms with E-state index in [1.165, 1.54) is 5.57 Å². The van der Waals surface area contributed by atoms with Crippen LogP contribution in [0.25, 0.3) is 16.3 Å². The first-order valence-corrected chi connectivity index (χ1v) is 10.2. The number of allylic oxidation sites excluding steroid dienone is 3. The van der Waals surface area contributed by atoms with Crippen molar-refractivity contribution in [3.63, 3.8) is 0 Å². The summed E-state index contributed by atoms with van der Waals surface area (Å²) in [5, 5.41) is 21.7. The second-order valence-electron chi connectivity index (χ2n) is 7.95. The first kappa shape index (κ1) is 19.9. The molecule has 0 atom stereocenters. The number of phenolic OH excluding ortho intramolecular Hbond substituents is 1. The van der Waals surface area contributed by atoms with Gasteiger partial charge >= 0.3 is 0 Å². The Hall–Kier alpha value is -3.40. The van der Waals surface area contributed by atoms with E-state index in [9.17, 15) is 5.11 Å². The highest BCUT2D eigenvalue weighted by molar-refractivity contribution is 6.09. The molecule has 0 spiro atoms. The minimum Gasteiger partial charge on any atom is -0.505 e. The molecule has 0 bridgehead atoms. The van der Waals surface area contributed by atoms with Crippen LogP contribution in [0.5, 0.6) is 11.5 Å². The molecule has 0 saturated heterocycles. The standard InChI is InChI=1S/C26H26N2O2/c1-16(2)9-8-10-19-15-30-26-18(4)25(29)24(28-27-20-11-6-5-7-12-20)22-17(3)13-14-21(19)23(22)26/h5-7,9,11-15,29H,8,10H2,1-4H3. The third-order valence-corrected chi connectivity index (χ3v) is 5.45. The predicted octanol–water partition coefficient (Wildman–Crippen LogP) is 8.06. The van der Waals surface area contributed by atoms with Crippen LogP contribution in [0.3, 0.4) is 0 Å². The van der Waals surface area contributed by atoms with Crippen molar-refractivity contribution in [3.8, 4) is 11.5 Å². The van der Waals surface area contributed by atoms with Crippen molar-refractivity contribution < 1.29 is 9.84 Å². The van der Waals surface area contributed by atoms with Crippen molar-refractivity contribution in [2.24, 2.45) is 10.2 Å². The number of aryl methyl sites for hydroxylation is 1. The first-order valence-electron chi connectivity index (χ1n) is 10.2. The molecule has 0 unspecified atom stereocenters. The lowest BCUT2D eigenvalue weighted by Gasteiger charge is -2.23. The minimum absolute atomic E-state index is 0.110. The summed E-state index contributed by atoms with van der Waals surface area (Å²) in [7, 11) is 0. The highest BCUT2D eigenvalue weighted by Gasteiger charge is 2.25. The van der Waals surface area contributed by atoms with E-state index in [4.69, 9.17) is 4.74 Å². The van der Waals surface area contributed by atoms with Gasteiger partial charge in [-0.05, 0) is 69.4 Å². The van der Waals surface area contributed by atoms with Crippen LogP contribution in [0.2, 0.25) is 0 Å². The Labute approximate surface area is 177 Å². The van der Waals surface area contributed by atoms with E-state index in [1.54, 1.807) is 0 Å². The Kier molecular flexibility index (Phi) is 5.40. The van der Waals surface area contributed by atoms with E-state index in [-0.39, 0.29) is 5.75 Å². The molecule has 4 heteroatoms. The third kappa shape index (κ3) is 3.61. The largest absolute Gasteiger partial charge is 0.505 e. The molecule has 4 nitrogen and oxygen atoms in total. The zero-order valence-corrected chi connectivity index (χ0v) is 17.9. The third-order valence-electron chi connectivity index (χ3n) is 5.45. The van der Waals surface area contributed by atoms with Gasteiger partial charge in [-0.2, -0.15) is 5.11 Å². The van der Waals surface area contributed by atoms with Gasteiger partial charge in [-0.3, -0.25) is 0 Å². The molecule has 0 saturated carbocycles. The maximum Gasteiger partial charge on any atom is 0.150 e. The Morgan fingerprint density at radius 1 is 1.00 bits per heavy atom. The summed E-state index contributed by atoms with van der Waals surface area (Å²) in [6, 6.07) is 13.8. The van der Waals surface area contributed by atoms with Crippen molar-refractivity contribution >= 4 is 27.7 Å². The smallest absolute Gasteiger partial charge is 0.150 e. The van der Waals surface area contributed by atoms with Crippen LogP contribution in [-0.2, 0) is 0 Å². The number of benzene rings is 3. The van der Waals surface area contributed by atoms with Gasteiger partial charge in [-0.1, -0.05) is 42.0 Å². The number of rotatable bonds is 5. The zero-order valence-electron chi connectivity index (χ0n) is 17.9. The van der Waals surface area contributed by atoms with Gasteiger partial charge < -0.3 is 9.84 Å². The van der Waals surface area contributed by atoms with Crippen molar-refractivity contribution in [1.29, 1.82) is 0 Å². The van der Waals surface area contributed by atoms with Gasteiger partial charge in [-0.15, -0.1) is 5.11 Å². The molecule has 30 heavy (non-hydrogen) atoms. The molecule has 1 aliphatic rings. The molecule has 0 aliphatic carbocycles. The molecule has 0 fully saturated rings. The van der Waals surface area contributed by atoms with Crippen molar-refractivity contribution in [1.82, 2.24) is 0 Å². The Balaban J connectivity index is 1.88. The highest BCUT2D eigenvalue weighted by Crippen LogP contribution is 2.50. The Morgan fingerprint density at radius 2 is 1.77 bits per heavy atom.